The molecule has 3 heterocycles. The number of nitrogens with zero attached hydrogens (tertiary/aromatic N) is 5. The first-order valence-electron chi connectivity index (χ1n) is 12.8. The molecule has 1 atom stereocenters. The summed E-state index contributed by atoms with van der Waals surface area (Å²) in [4.78, 5) is 41.6. The van der Waals surface area contributed by atoms with Crippen LogP contribution in [0, 0.1) is 0 Å². The molecule has 1 fully saturated rings. The summed E-state index contributed by atoms with van der Waals surface area (Å²) in [7, 11) is 0. The first-order chi connectivity index (χ1) is 18.1. The molecule has 9 nitrogen and oxygen atoms in total. The highest BCUT2D eigenvalue weighted by Gasteiger charge is 2.31. The summed E-state index contributed by atoms with van der Waals surface area (Å²) in [5.41, 5.74) is 3.18. The molecule has 2 aromatic carbocycles. The molecule has 0 aliphatic carbocycles. The van der Waals surface area contributed by atoms with Gasteiger partial charge in [0.15, 0.2) is 11.5 Å². The van der Waals surface area contributed by atoms with Crippen molar-refractivity contribution in [1.82, 2.24) is 24.4 Å². The summed E-state index contributed by atoms with van der Waals surface area (Å²) in [5.74, 6) is 0.669. The molecule has 1 aliphatic rings. The summed E-state index contributed by atoms with van der Waals surface area (Å²) in [5, 5.41) is 0. The Morgan fingerprint density at radius 2 is 1.73 bits per heavy atom. The van der Waals surface area contributed by atoms with Crippen LogP contribution >= 0.6 is 0 Å². The summed E-state index contributed by atoms with van der Waals surface area (Å²) in [6.45, 7) is 4.67. The standard InChI is InChI=1S/C28H32N6O3/c1-2-3-16-37-28(36)32-15-14-23(19-32)34-26-24(31-27(34)35)25(29-20-30-26)33(17-21-10-6-4-7-11-21)18-22-12-8-5-9-13-22/h4-13,20,23H,2-3,14-19H2,1H3,(H,31,35)/t23-/m1/s1. The van der Waals surface area contributed by atoms with E-state index < -0.39 is 0 Å². The number of nitrogens with one attached hydrogen (secondary N) is 1. The van der Waals surface area contributed by atoms with Crippen molar-refractivity contribution >= 4 is 23.1 Å². The van der Waals surface area contributed by atoms with E-state index in [1.807, 2.05) is 36.4 Å². The minimum absolute atomic E-state index is 0.181. The van der Waals surface area contributed by atoms with Gasteiger partial charge in [-0.3, -0.25) is 4.57 Å². The molecule has 4 aromatic rings. The van der Waals surface area contributed by atoms with Crippen LogP contribution in [0.25, 0.3) is 11.2 Å². The van der Waals surface area contributed by atoms with Crippen molar-refractivity contribution in [2.45, 2.75) is 45.3 Å². The van der Waals surface area contributed by atoms with Crippen molar-refractivity contribution < 1.29 is 9.53 Å². The van der Waals surface area contributed by atoms with Gasteiger partial charge in [-0.25, -0.2) is 19.6 Å². The van der Waals surface area contributed by atoms with Crippen LogP contribution < -0.4 is 10.6 Å². The second kappa shape index (κ2) is 11.3. The molecule has 0 saturated carbocycles. The molecule has 0 unspecified atom stereocenters. The number of H-pyrrole nitrogens is 1. The smallest absolute Gasteiger partial charge is 0.409 e. The van der Waals surface area contributed by atoms with Crippen molar-refractivity contribution in [3.05, 3.63) is 88.6 Å². The number of hydrogen-bond acceptors (Lipinski definition) is 6. The monoisotopic (exact) mass is 500 g/mol. The lowest BCUT2D eigenvalue weighted by Gasteiger charge is -2.24. The number of ether oxygens (including phenoxy) is 1. The van der Waals surface area contributed by atoms with Crippen molar-refractivity contribution in [3.63, 3.8) is 0 Å². The molecule has 0 spiro atoms. The third-order valence-corrected chi connectivity index (χ3v) is 6.73. The average molecular weight is 501 g/mol. The Morgan fingerprint density at radius 3 is 2.38 bits per heavy atom. The fourth-order valence-corrected chi connectivity index (χ4v) is 4.83. The molecule has 1 N–H and O–H groups in total. The number of carbonyl (C=O) groups is 1. The number of hydrogen-bond donors (Lipinski definition) is 1. The molecule has 0 bridgehead atoms. The summed E-state index contributed by atoms with van der Waals surface area (Å²) in [6.07, 6.45) is 3.65. The molecule has 1 aliphatic heterocycles. The van der Waals surface area contributed by atoms with Gasteiger partial charge in [-0.05, 0) is 24.0 Å². The Hall–Kier alpha value is -4.14. The number of rotatable bonds is 9. The zero-order valence-corrected chi connectivity index (χ0v) is 21.0. The molecule has 37 heavy (non-hydrogen) atoms. The minimum atomic E-state index is -0.323. The topological polar surface area (TPSA) is 96.3 Å². The van der Waals surface area contributed by atoms with E-state index in [1.165, 1.54) is 6.33 Å². The van der Waals surface area contributed by atoms with Crippen LogP contribution in [-0.4, -0.2) is 50.2 Å². The number of carbonyl (C=O) groups excluding carboxylic acids is 1. The zero-order chi connectivity index (χ0) is 25.6. The SMILES string of the molecule is CCCCOC(=O)N1CC[C@@H](n2c(=O)[nH]c3c(N(Cc4ccccc4)Cc4ccccc4)ncnc32)C1. The molecule has 1 saturated heterocycles. The quantitative estimate of drug-likeness (QED) is 0.340. The average Bonchev–Trinajstić information content (AvgIpc) is 3.53. The number of aromatic nitrogens is 4. The largest absolute Gasteiger partial charge is 0.449 e. The Balaban J connectivity index is 1.45. The van der Waals surface area contributed by atoms with Crippen molar-refractivity contribution in [2.75, 3.05) is 24.6 Å². The van der Waals surface area contributed by atoms with Crippen LogP contribution in [0.3, 0.4) is 0 Å². The van der Waals surface area contributed by atoms with Gasteiger partial charge in [-0.15, -0.1) is 0 Å². The predicted molar refractivity (Wildman–Crippen MR) is 142 cm³/mol. The van der Waals surface area contributed by atoms with E-state index in [1.54, 1.807) is 9.47 Å². The van der Waals surface area contributed by atoms with E-state index in [-0.39, 0.29) is 17.8 Å². The van der Waals surface area contributed by atoms with Gasteiger partial charge in [0.1, 0.15) is 11.8 Å². The molecule has 2 aromatic heterocycles. The Bertz CT molecular complexity index is 1340. The van der Waals surface area contributed by atoms with Gasteiger partial charge in [0.2, 0.25) is 0 Å². The Labute approximate surface area is 215 Å². The second-order valence-corrected chi connectivity index (χ2v) is 9.38. The molecule has 0 radical (unpaired) electrons. The normalized spacial score (nSPS) is 15.3. The lowest BCUT2D eigenvalue weighted by molar-refractivity contribution is 0.108. The number of likely N-dealkylation sites (tertiary alicyclic amines) is 1. The van der Waals surface area contributed by atoms with E-state index in [4.69, 9.17) is 4.74 Å². The highest BCUT2D eigenvalue weighted by molar-refractivity contribution is 5.83. The molecular weight excluding hydrogens is 468 g/mol. The van der Waals surface area contributed by atoms with Gasteiger partial charge < -0.3 is 19.5 Å². The minimum Gasteiger partial charge on any atom is -0.449 e. The van der Waals surface area contributed by atoms with E-state index in [9.17, 15) is 9.59 Å². The molecule has 9 heteroatoms. The number of anilines is 1. The van der Waals surface area contributed by atoms with Gasteiger partial charge in [-0.2, -0.15) is 0 Å². The summed E-state index contributed by atoms with van der Waals surface area (Å²) in [6, 6.07) is 20.2. The van der Waals surface area contributed by atoms with Crippen molar-refractivity contribution in [1.29, 1.82) is 0 Å². The van der Waals surface area contributed by atoms with Crippen molar-refractivity contribution in [2.24, 2.45) is 0 Å². The molecule has 5 rings (SSSR count). The van der Waals surface area contributed by atoms with Gasteiger partial charge in [0.05, 0.1) is 12.6 Å². The maximum atomic E-state index is 13.2. The first-order valence-corrected chi connectivity index (χ1v) is 12.8. The number of fused-ring (bicyclic) bond motifs is 1. The Kier molecular flexibility index (Phi) is 7.49. The third kappa shape index (κ3) is 5.50. The lowest BCUT2D eigenvalue weighted by atomic mass is 10.1. The maximum Gasteiger partial charge on any atom is 0.409 e. The Morgan fingerprint density at radius 1 is 1.05 bits per heavy atom. The number of benzene rings is 2. The number of aromatic amines is 1. The zero-order valence-electron chi connectivity index (χ0n) is 21.0. The van der Waals surface area contributed by atoms with Crippen LogP contribution in [0.1, 0.15) is 43.4 Å². The van der Waals surface area contributed by atoms with E-state index in [0.29, 0.717) is 56.2 Å². The third-order valence-electron chi connectivity index (χ3n) is 6.73. The van der Waals surface area contributed by atoms with Gasteiger partial charge in [-0.1, -0.05) is 74.0 Å². The highest BCUT2D eigenvalue weighted by atomic mass is 16.6. The molecule has 1 amide bonds. The fourth-order valence-electron chi connectivity index (χ4n) is 4.83. The van der Waals surface area contributed by atoms with Crippen molar-refractivity contribution in [3.8, 4) is 0 Å². The summed E-state index contributed by atoms with van der Waals surface area (Å²) < 4.78 is 7.04. The van der Waals surface area contributed by atoms with E-state index in [2.05, 4.69) is 51.0 Å². The van der Waals surface area contributed by atoms with Crippen LogP contribution in [0.4, 0.5) is 10.6 Å². The second-order valence-electron chi connectivity index (χ2n) is 9.38. The number of unbranched alkanes of at least 4 members (excludes halogenated alkanes) is 1. The van der Waals surface area contributed by atoms with E-state index >= 15 is 0 Å². The van der Waals surface area contributed by atoms with Crippen LogP contribution in [0.5, 0.6) is 0 Å². The van der Waals surface area contributed by atoms with Gasteiger partial charge in [0, 0.05) is 26.2 Å². The van der Waals surface area contributed by atoms with Crippen LogP contribution in [0.2, 0.25) is 0 Å². The molecular formula is C28H32N6O3. The first kappa shape index (κ1) is 24.5. The van der Waals surface area contributed by atoms with Gasteiger partial charge in [0.25, 0.3) is 0 Å². The fraction of sp³-hybridized carbons (Fsp3) is 0.357. The van der Waals surface area contributed by atoms with Gasteiger partial charge >= 0.3 is 11.8 Å². The summed E-state index contributed by atoms with van der Waals surface area (Å²) >= 11 is 0. The highest BCUT2D eigenvalue weighted by Crippen LogP contribution is 2.28. The van der Waals surface area contributed by atoms with Crippen LogP contribution in [0.15, 0.2) is 71.8 Å². The molecule has 192 valence electrons. The maximum absolute atomic E-state index is 13.2. The van der Waals surface area contributed by atoms with E-state index in [0.717, 1.165) is 24.0 Å². The predicted octanol–water partition coefficient (Wildman–Crippen LogP) is 4.51. The lowest BCUT2D eigenvalue weighted by Crippen LogP contribution is -2.31. The number of imidazole rings is 1. The number of amides is 1. The van der Waals surface area contributed by atoms with Crippen LogP contribution in [-0.2, 0) is 17.8 Å².